The first-order chi connectivity index (χ1) is 11.9. The Hall–Kier alpha value is -1.46. The molecule has 10 heteroatoms. The van der Waals surface area contributed by atoms with Crippen LogP contribution in [0.1, 0.15) is 0 Å². The predicted octanol–water partition coefficient (Wildman–Crippen LogP) is 6.27. The van der Waals surface area contributed by atoms with E-state index in [0.29, 0.717) is 9.34 Å². The first kappa shape index (κ1) is 19.3. The average Bonchev–Trinajstić information content (AvgIpc) is 2.55. The molecule has 2 aromatic rings. The Labute approximate surface area is 151 Å². The molecular weight excluding hydrogens is 386 g/mol. The molecule has 2 aromatic carbocycles. The van der Waals surface area contributed by atoms with Crippen molar-refractivity contribution in [3.63, 3.8) is 0 Å². The van der Waals surface area contributed by atoms with Crippen molar-refractivity contribution in [2.24, 2.45) is 0 Å². The van der Waals surface area contributed by atoms with Crippen LogP contribution in [0.4, 0.5) is 28.2 Å². The van der Waals surface area contributed by atoms with Gasteiger partial charge in [0.25, 0.3) is 0 Å². The number of para-hydroxylation sites is 2. The van der Waals surface area contributed by atoms with E-state index in [4.69, 9.17) is 0 Å². The molecule has 0 aliphatic carbocycles. The van der Waals surface area contributed by atoms with Crippen LogP contribution in [0.15, 0.2) is 60.7 Å². The summed E-state index contributed by atoms with van der Waals surface area (Å²) in [5, 5.41) is 0. The van der Waals surface area contributed by atoms with Gasteiger partial charge >= 0.3 is 151 Å². The summed E-state index contributed by atoms with van der Waals surface area (Å²) in [5.74, 6) is 0. The van der Waals surface area contributed by atoms with E-state index in [1.165, 1.54) is 48.5 Å². The van der Waals surface area contributed by atoms with Gasteiger partial charge in [-0.3, -0.25) is 0 Å². The fourth-order valence-corrected chi connectivity index (χ4v) is 13.2. The Bertz CT molecular complexity index is 732. The van der Waals surface area contributed by atoms with Gasteiger partial charge in [-0.15, -0.1) is 0 Å². The zero-order valence-electron chi connectivity index (χ0n) is 15.0. The van der Waals surface area contributed by atoms with E-state index in [2.05, 4.69) is 0 Å². The Morgan fingerprint density at radius 3 is 1.08 bits per heavy atom. The monoisotopic (exact) mass is 408 g/mol. The van der Waals surface area contributed by atoms with Crippen molar-refractivity contribution in [2.75, 3.05) is 37.1 Å². The van der Waals surface area contributed by atoms with Crippen LogP contribution in [0.5, 0.6) is 0 Å². The molecule has 0 bridgehead atoms. The summed E-state index contributed by atoms with van der Waals surface area (Å²) < 4.78 is 66.7. The molecular formula is C16H22F4N4P2. The molecule has 0 saturated carbocycles. The second kappa shape index (κ2) is 5.52. The van der Waals surface area contributed by atoms with Crippen molar-refractivity contribution in [2.45, 2.75) is 0 Å². The van der Waals surface area contributed by atoms with Crippen LogP contribution in [-0.4, -0.2) is 37.5 Å². The van der Waals surface area contributed by atoms with Crippen LogP contribution in [0, 0.1) is 0 Å². The average molecular weight is 408 g/mol. The van der Waals surface area contributed by atoms with Gasteiger partial charge in [-0.1, -0.05) is 0 Å². The van der Waals surface area contributed by atoms with Crippen LogP contribution in [0.25, 0.3) is 0 Å². The van der Waals surface area contributed by atoms with Crippen molar-refractivity contribution in [3.05, 3.63) is 60.7 Å². The molecule has 1 fully saturated rings. The van der Waals surface area contributed by atoms with Crippen LogP contribution < -0.4 is 8.88 Å². The summed E-state index contributed by atoms with van der Waals surface area (Å²) in [6.45, 7) is 0. The third-order valence-electron chi connectivity index (χ3n) is 4.55. The molecule has 1 saturated heterocycles. The van der Waals surface area contributed by atoms with Gasteiger partial charge in [0.15, 0.2) is 0 Å². The first-order valence-electron chi connectivity index (χ1n) is 7.93. The van der Waals surface area contributed by atoms with Gasteiger partial charge in [0.2, 0.25) is 0 Å². The van der Waals surface area contributed by atoms with Gasteiger partial charge in [-0.2, -0.15) is 0 Å². The van der Waals surface area contributed by atoms with Gasteiger partial charge in [0.05, 0.1) is 0 Å². The number of benzene rings is 2. The zero-order chi connectivity index (χ0) is 19.4. The SMILES string of the molecule is CN(C)P1(F)(F)N(c2ccccc2)P(F)(F)(N(C)C)N1c1ccccc1. The molecule has 0 radical (unpaired) electrons. The van der Waals surface area contributed by atoms with E-state index < -0.39 is 15.4 Å². The molecule has 0 atom stereocenters. The van der Waals surface area contributed by atoms with Crippen molar-refractivity contribution >= 4 is 26.7 Å². The molecule has 0 amide bonds. The topological polar surface area (TPSA) is 13.0 Å². The third-order valence-corrected chi connectivity index (χ3v) is 14.2. The standard InChI is InChI=1S/C16H22F4N4P2/c1-21(2)25(17,18)23(15-11-7-5-8-12-15)26(19,20,22(3)4)24(25)16-13-9-6-10-14-16/h5-14H,1-4H3. The Balaban J connectivity index is 2.36. The fourth-order valence-electron chi connectivity index (χ4n) is 3.18. The quantitative estimate of drug-likeness (QED) is 0.437. The number of rotatable bonds is 4. The van der Waals surface area contributed by atoms with Gasteiger partial charge in [-0.25, -0.2) is 0 Å². The maximum atomic E-state index is 16.3. The molecule has 3 rings (SSSR count). The third kappa shape index (κ3) is 2.10. The molecule has 1 aliphatic rings. The fraction of sp³-hybridized carbons (Fsp3) is 0.250. The second-order valence-electron chi connectivity index (χ2n) is 6.52. The second-order valence-corrected chi connectivity index (χ2v) is 13.5. The van der Waals surface area contributed by atoms with Crippen molar-refractivity contribution in [1.29, 1.82) is 0 Å². The molecule has 0 unspecified atom stereocenters. The normalized spacial score (nSPS) is 25.6. The minimum absolute atomic E-state index is 0.115. The predicted molar refractivity (Wildman–Crippen MR) is 103 cm³/mol. The van der Waals surface area contributed by atoms with Gasteiger partial charge < -0.3 is 0 Å². The minimum atomic E-state index is -6.32. The summed E-state index contributed by atoms with van der Waals surface area (Å²) in [6, 6.07) is 14.4. The van der Waals surface area contributed by atoms with E-state index in [9.17, 15) is 0 Å². The Morgan fingerprint density at radius 2 is 0.846 bits per heavy atom. The molecule has 144 valence electrons. The molecule has 4 nitrogen and oxygen atoms in total. The van der Waals surface area contributed by atoms with Crippen LogP contribution in [-0.2, 0) is 0 Å². The van der Waals surface area contributed by atoms with Crippen molar-refractivity contribution < 1.29 is 16.8 Å². The molecule has 0 spiro atoms. The number of hydrogen-bond acceptors (Lipinski definition) is 4. The van der Waals surface area contributed by atoms with E-state index in [0.717, 1.165) is 28.2 Å². The Morgan fingerprint density at radius 1 is 0.577 bits per heavy atom. The summed E-state index contributed by atoms with van der Waals surface area (Å²) in [6.07, 6.45) is 0. The van der Waals surface area contributed by atoms with E-state index in [-0.39, 0.29) is 20.3 Å². The molecule has 0 aromatic heterocycles. The molecule has 1 heterocycles. The number of anilines is 2. The van der Waals surface area contributed by atoms with E-state index in [1.807, 2.05) is 0 Å². The summed E-state index contributed by atoms with van der Waals surface area (Å²) in [7, 11) is -8.05. The Kier molecular flexibility index (Phi) is 4.10. The van der Waals surface area contributed by atoms with Gasteiger partial charge in [0, 0.05) is 0 Å². The summed E-state index contributed by atoms with van der Waals surface area (Å²) >= 11 is 0. The molecule has 0 N–H and O–H groups in total. The molecule has 26 heavy (non-hydrogen) atoms. The van der Waals surface area contributed by atoms with Crippen LogP contribution >= 0.6 is 15.4 Å². The van der Waals surface area contributed by atoms with E-state index in [1.54, 1.807) is 12.1 Å². The van der Waals surface area contributed by atoms with E-state index >= 15 is 16.8 Å². The maximum absolute atomic E-state index is 16.3. The zero-order valence-corrected chi connectivity index (χ0v) is 16.8. The van der Waals surface area contributed by atoms with Crippen molar-refractivity contribution in [1.82, 2.24) is 9.34 Å². The number of halogens is 4. The molecule has 1 aliphatic heterocycles. The van der Waals surface area contributed by atoms with Gasteiger partial charge in [0.1, 0.15) is 0 Å². The van der Waals surface area contributed by atoms with Crippen LogP contribution in [0.3, 0.4) is 0 Å². The number of hydrogen-bond donors (Lipinski definition) is 0. The summed E-state index contributed by atoms with van der Waals surface area (Å²) in [4.78, 5) is 0. The summed E-state index contributed by atoms with van der Waals surface area (Å²) in [5.41, 5.74) is -0.375. The van der Waals surface area contributed by atoms with Crippen LogP contribution in [0.2, 0.25) is 0 Å². The van der Waals surface area contributed by atoms with Gasteiger partial charge in [-0.05, 0) is 0 Å². The van der Waals surface area contributed by atoms with Crippen molar-refractivity contribution in [3.8, 4) is 0 Å². The first-order valence-corrected chi connectivity index (χ1v) is 11.7. The number of nitrogens with zero attached hydrogens (tertiary/aromatic N) is 4.